The zero-order chi connectivity index (χ0) is 12.4. The van der Waals surface area contributed by atoms with Crippen molar-refractivity contribution in [3.05, 3.63) is 35.9 Å². The van der Waals surface area contributed by atoms with Crippen LogP contribution in [0.25, 0.3) is 0 Å². The molecule has 1 heterocycles. The highest BCUT2D eigenvalue weighted by Crippen LogP contribution is 2.34. The van der Waals surface area contributed by atoms with Gasteiger partial charge in [0.05, 0.1) is 11.4 Å². The van der Waals surface area contributed by atoms with Gasteiger partial charge in [0.15, 0.2) is 0 Å². The van der Waals surface area contributed by atoms with Crippen molar-refractivity contribution >= 4 is 28.9 Å². The Hall–Kier alpha value is -1.48. The van der Waals surface area contributed by atoms with Crippen molar-refractivity contribution in [1.29, 1.82) is 0 Å². The van der Waals surface area contributed by atoms with Gasteiger partial charge in [-0.2, -0.15) is 0 Å². The molecule has 17 heavy (non-hydrogen) atoms. The summed E-state index contributed by atoms with van der Waals surface area (Å²) in [7, 11) is 2.02. The van der Waals surface area contributed by atoms with Gasteiger partial charge < -0.3 is 9.80 Å². The molecule has 0 spiro atoms. The van der Waals surface area contributed by atoms with Crippen molar-refractivity contribution in [3.63, 3.8) is 0 Å². The predicted molar refractivity (Wildman–Crippen MR) is 71.9 cm³/mol. The van der Waals surface area contributed by atoms with Crippen LogP contribution in [-0.4, -0.2) is 26.0 Å². The molecular weight excluding hydrogens is 236 g/mol. The Kier molecular flexibility index (Phi) is 3.38. The van der Waals surface area contributed by atoms with Gasteiger partial charge in [0.25, 0.3) is 0 Å². The Morgan fingerprint density at radius 1 is 1.41 bits per heavy atom. The third-order valence-electron chi connectivity index (χ3n) is 2.96. The van der Waals surface area contributed by atoms with Gasteiger partial charge in [-0.3, -0.25) is 4.79 Å². The molecular formula is C13H15ClN2O. The van der Waals surface area contributed by atoms with Crippen molar-refractivity contribution in [1.82, 2.24) is 0 Å². The van der Waals surface area contributed by atoms with E-state index in [0.717, 1.165) is 24.3 Å². The van der Waals surface area contributed by atoms with Crippen LogP contribution in [0, 0.1) is 0 Å². The van der Waals surface area contributed by atoms with E-state index in [2.05, 4.69) is 11.5 Å². The normalized spacial score (nSPS) is 15.2. The van der Waals surface area contributed by atoms with Gasteiger partial charge >= 0.3 is 0 Å². The average molecular weight is 251 g/mol. The summed E-state index contributed by atoms with van der Waals surface area (Å²) in [5.41, 5.74) is 1.89. The number of halogens is 1. The number of hydrogen-bond donors (Lipinski definition) is 0. The monoisotopic (exact) mass is 250 g/mol. The number of carbonyl (C=O) groups excluding carboxylic acids is 1. The average Bonchev–Trinajstić information content (AvgIpc) is 2.48. The van der Waals surface area contributed by atoms with Gasteiger partial charge in [-0.15, -0.1) is 0 Å². The van der Waals surface area contributed by atoms with Crippen LogP contribution in [-0.2, 0) is 4.79 Å². The Morgan fingerprint density at radius 2 is 2.18 bits per heavy atom. The quantitative estimate of drug-likeness (QED) is 0.716. The summed E-state index contributed by atoms with van der Waals surface area (Å²) in [6, 6.07) is 5.63. The van der Waals surface area contributed by atoms with E-state index < -0.39 is 0 Å². The zero-order valence-corrected chi connectivity index (χ0v) is 10.6. The minimum atomic E-state index is -0.0798. The first-order chi connectivity index (χ1) is 8.13. The van der Waals surface area contributed by atoms with E-state index in [0.29, 0.717) is 11.6 Å². The van der Waals surface area contributed by atoms with Gasteiger partial charge in [0.2, 0.25) is 5.91 Å². The van der Waals surface area contributed by atoms with E-state index in [4.69, 9.17) is 11.6 Å². The fourth-order valence-corrected chi connectivity index (χ4v) is 2.25. The molecule has 1 amide bonds. The van der Waals surface area contributed by atoms with Crippen LogP contribution in [0.3, 0.4) is 0 Å². The van der Waals surface area contributed by atoms with E-state index in [1.165, 1.54) is 6.08 Å². The lowest BCUT2D eigenvalue weighted by atomic mass is 10.2. The fraction of sp³-hybridized carbons (Fsp3) is 0.308. The first-order valence-electron chi connectivity index (χ1n) is 5.58. The van der Waals surface area contributed by atoms with Gasteiger partial charge in [0, 0.05) is 25.2 Å². The molecule has 4 heteroatoms. The number of benzene rings is 1. The molecule has 0 fully saturated rings. The molecule has 1 aromatic rings. The summed E-state index contributed by atoms with van der Waals surface area (Å²) < 4.78 is 0. The number of anilines is 2. The first-order valence-corrected chi connectivity index (χ1v) is 5.96. The predicted octanol–water partition coefficient (Wildman–Crippen LogP) is 2.70. The van der Waals surface area contributed by atoms with Gasteiger partial charge in [-0.25, -0.2) is 0 Å². The van der Waals surface area contributed by atoms with Gasteiger partial charge in [-0.05, 0) is 30.7 Å². The molecule has 90 valence electrons. The largest absolute Gasteiger partial charge is 0.373 e. The second-order valence-electron chi connectivity index (χ2n) is 4.10. The molecule has 0 aliphatic carbocycles. The molecule has 0 unspecified atom stereocenters. The molecule has 0 radical (unpaired) electrons. The summed E-state index contributed by atoms with van der Waals surface area (Å²) in [4.78, 5) is 15.7. The summed E-state index contributed by atoms with van der Waals surface area (Å²) >= 11 is 6.01. The standard InChI is InChI=1S/C13H15ClN2O/c1-3-13(17)16-8-4-7-15(2)11-6-5-10(14)9-12(11)16/h3,5-6,9H,1,4,7-8H2,2H3. The van der Waals surface area contributed by atoms with E-state index in [9.17, 15) is 4.79 Å². The number of rotatable bonds is 1. The van der Waals surface area contributed by atoms with Crippen molar-refractivity contribution in [3.8, 4) is 0 Å². The smallest absolute Gasteiger partial charge is 0.250 e. The number of fused-ring (bicyclic) bond motifs is 1. The number of hydrogen-bond acceptors (Lipinski definition) is 2. The SMILES string of the molecule is C=CC(=O)N1CCCN(C)c2ccc(Cl)cc21. The maximum Gasteiger partial charge on any atom is 0.250 e. The number of carbonyl (C=O) groups is 1. The van der Waals surface area contributed by atoms with E-state index >= 15 is 0 Å². The molecule has 0 aromatic heterocycles. The van der Waals surface area contributed by atoms with Crippen LogP contribution < -0.4 is 9.80 Å². The lowest BCUT2D eigenvalue weighted by Crippen LogP contribution is -2.29. The fourth-order valence-electron chi connectivity index (χ4n) is 2.08. The third kappa shape index (κ3) is 2.29. The minimum absolute atomic E-state index is 0.0798. The molecule has 0 saturated heterocycles. The van der Waals surface area contributed by atoms with Crippen molar-refractivity contribution < 1.29 is 4.79 Å². The number of amides is 1. The van der Waals surface area contributed by atoms with Crippen molar-refractivity contribution in [2.75, 3.05) is 29.9 Å². The number of nitrogens with zero attached hydrogens (tertiary/aromatic N) is 2. The second-order valence-corrected chi connectivity index (χ2v) is 4.54. The summed E-state index contributed by atoms with van der Waals surface area (Å²) in [6.45, 7) is 5.17. The molecule has 2 rings (SSSR count). The highest BCUT2D eigenvalue weighted by molar-refractivity contribution is 6.31. The molecule has 0 bridgehead atoms. The topological polar surface area (TPSA) is 23.6 Å². The maximum atomic E-state index is 11.8. The Labute approximate surface area is 106 Å². The Balaban J connectivity index is 2.52. The summed E-state index contributed by atoms with van der Waals surface area (Å²) in [6.07, 6.45) is 2.28. The van der Waals surface area contributed by atoms with E-state index in [1.54, 1.807) is 4.90 Å². The van der Waals surface area contributed by atoms with Crippen LogP contribution in [0.5, 0.6) is 0 Å². The van der Waals surface area contributed by atoms with E-state index in [1.807, 2.05) is 25.2 Å². The summed E-state index contributed by atoms with van der Waals surface area (Å²) in [5.74, 6) is -0.0798. The third-order valence-corrected chi connectivity index (χ3v) is 3.19. The van der Waals surface area contributed by atoms with Crippen LogP contribution in [0.2, 0.25) is 5.02 Å². The van der Waals surface area contributed by atoms with Crippen LogP contribution in [0.4, 0.5) is 11.4 Å². The van der Waals surface area contributed by atoms with E-state index in [-0.39, 0.29) is 5.91 Å². The molecule has 0 atom stereocenters. The van der Waals surface area contributed by atoms with Crippen molar-refractivity contribution in [2.24, 2.45) is 0 Å². The molecule has 0 N–H and O–H groups in total. The molecule has 1 aliphatic rings. The second kappa shape index (κ2) is 4.80. The lowest BCUT2D eigenvalue weighted by Gasteiger charge is -2.23. The minimum Gasteiger partial charge on any atom is -0.373 e. The van der Waals surface area contributed by atoms with Crippen LogP contribution in [0.15, 0.2) is 30.9 Å². The molecule has 0 saturated carbocycles. The molecule has 1 aromatic carbocycles. The zero-order valence-electron chi connectivity index (χ0n) is 9.82. The Bertz CT molecular complexity index is 459. The van der Waals surface area contributed by atoms with Gasteiger partial charge in [0.1, 0.15) is 0 Å². The highest BCUT2D eigenvalue weighted by Gasteiger charge is 2.21. The van der Waals surface area contributed by atoms with Gasteiger partial charge in [-0.1, -0.05) is 18.2 Å². The van der Waals surface area contributed by atoms with Crippen molar-refractivity contribution in [2.45, 2.75) is 6.42 Å². The van der Waals surface area contributed by atoms with Crippen LogP contribution >= 0.6 is 11.6 Å². The summed E-state index contributed by atoms with van der Waals surface area (Å²) in [5, 5.41) is 0.640. The first kappa shape index (κ1) is 12.0. The lowest BCUT2D eigenvalue weighted by molar-refractivity contribution is -0.114. The highest BCUT2D eigenvalue weighted by atomic mass is 35.5. The van der Waals surface area contributed by atoms with Crippen LogP contribution in [0.1, 0.15) is 6.42 Å². The molecule has 3 nitrogen and oxygen atoms in total. The molecule has 1 aliphatic heterocycles. The Morgan fingerprint density at radius 3 is 2.88 bits per heavy atom. The maximum absolute atomic E-state index is 11.8.